The van der Waals surface area contributed by atoms with Crippen LogP contribution in [0.5, 0.6) is 0 Å². The average Bonchev–Trinajstić information content (AvgIpc) is 2.26. The fraction of sp³-hybridized carbons (Fsp3) is 0.462. The molecule has 1 amide bonds. The van der Waals surface area contributed by atoms with E-state index in [1.807, 2.05) is 19.1 Å². The van der Waals surface area contributed by atoms with Crippen molar-refractivity contribution in [2.45, 2.75) is 6.92 Å². The van der Waals surface area contributed by atoms with Crippen LogP contribution in [0.15, 0.2) is 24.3 Å². The number of sulfone groups is 1. The van der Waals surface area contributed by atoms with E-state index < -0.39 is 21.5 Å². The number of carbonyl (C=O) groups excluding carboxylic acids is 1. The molecule has 2 N–H and O–H groups in total. The summed E-state index contributed by atoms with van der Waals surface area (Å²) in [4.78, 5) is 11.8. The van der Waals surface area contributed by atoms with Gasteiger partial charge in [-0.15, -0.1) is 0 Å². The first-order valence-electron chi connectivity index (χ1n) is 6.23. The first kappa shape index (κ1) is 14.0. The van der Waals surface area contributed by atoms with E-state index in [4.69, 9.17) is 0 Å². The Hall–Kier alpha value is -1.40. The fourth-order valence-corrected chi connectivity index (χ4v) is 3.53. The summed E-state index contributed by atoms with van der Waals surface area (Å²) in [5.41, 5.74) is 1.57. The van der Waals surface area contributed by atoms with Gasteiger partial charge in [0.2, 0.25) is 5.91 Å². The smallest absolute Gasteiger partial charge is 0.239 e. The molecule has 0 unspecified atom stereocenters. The number of hydrogen-bond donors (Lipinski definition) is 2. The summed E-state index contributed by atoms with van der Waals surface area (Å²) >= 11 is 0. The van der Waals surface area contributed by atoms with Gasteiger partial charge in [0.1, 0.15) is 5.75 Å². The van der Waals surface area contributed by atoms with Crippen molar-refractivity contribution >= 4 is 21.4 Å². The molecule has 1 aromatic carbocycles. The van der Waals surface area contributed by atoms with Crippen LogP contribution in [0.2, 0.25) is 0 Å². The number of amides is 1. The third kappa shape index (κ3) is 4.04. The number of hydrogen-bond acceptors (Lipinski definition) is 4. The maximum atomic E-state index is 11.8. The van der Waals surface area contributed by atoms with Crippen LogP contribution >= 0.6 is 0 Å². The van der Waals surface area contributed by atoms with E-state index >= 15 is 0 Å². The quantitative estimate of drug-likeness (QED) is 0.828. The highest BCUT2D eigenvalue weighted by Gasteiger charge is 2.26. The number of nitrogens with one attached hydrogen (secondary N) is 2. The van der Waals surface area contributed by atoms with Gasteiger partial charge in [0.05, 0.1) is 5.75 Å². The summed E-state index contributed by atoms with van der Waals surface area (Å²) in [5, 5.41) is 5.66. The first-order chi connectivity index (χ1) is 8.96. The molecule has 1 fully saturated rings. The lowest BCUT2D eigenvalue weighted by Crippen LogP contribution is -2.46. The molecule has 6 heteroatoms. The van der Waals surface area contributed by atoms with Crippen LogP contribution in [0.25, 0.3) is 0 Å². The summed E-state index contributed by atoms with van der Waals surface area (Å²) in [7, 11) is -3.33. The Morgan fingerprint density at radius 3 is 2.63 bits per heavy atom. The van der Waals surface area contributed by atoms with Crippen molar-refractivity contribution in [1.82, 2.24) is 5.32 Å². The Kier molecular flexibility index (Phi) is 4.21. The molecule has 1 aliphatic heterocycles. The highest BCUT2D eigenvalue weighted by atomic mass is 32.2. The topological polar surface area (TPSA) is 75.3 Å². The summed E-state index contributed by atoms with van der Waals surface area (Å²) in [6.45, 7) is 3.31. The number of carbonyl (C=O) groups is 1. The molecular weight excluding hydrogens is 264 g/mol. The zero-order chi connectivity index (χ0) is 13.9. The lowest BCUT2D eigenvalue weighted by molar-refractivity contribution is -0.113. The molecule has 5 nitrogen and oxygen atoms in total. The van der Waals surface area contributed by atoms with Crippen LogP contribution in [0.3, 0.4) is 0 Å². The molecule has 2 rings (SSSR count). The maximum Gasteiger partial charge on any atom is 0.239 e. The van der Waals surface area contributed by atoms with Crippen molar-refractivity contribution in [3.63, 3.8) is 0 Å². The van der Waals surface area contributed by atoms with Crippen LogP contribution in [0, 0.1) is 12.8 Å². The van der Waals surface area contributed by atoms with Gasteiger partial charge in [-0.25, -0.2) is 8.42 Å². The standard InChI is InChI=1S/C13H18N2O3S/c1-10-4-2-3-5-12(10)15-13(16)9-19(17,18)8-11-6-14-7-11/h2-5,11,14H,6-9H2,1H3,(H,15,16). The third-order valence-electron chi connectivity index (χ3n) is 3.13. The van der Waals surface area contributed by atoms with E-state index in [1.165, 1.54) is 0 Å². The highest BCUT2D eigenvalue weighted by Crippen LogP contribution is 2.13. The second kappa shape index (κ2) is 5.71. The van der Waals surface area contributed by atoms with Gasteiger partial charge < -0.3 is 10.6 Å². The molecule has 104 valence electrons. The van der Waals surface area contributed by atoms with Gasteiger partial charge >= 0.3 is 0 Å². The van der Waals surface area contributed by atoms with Gasteiger partial charge in [0, 0.05) is 18.8 Å². The highest BCUT2D eigenvalue weighted by molar-refractivity contribution is 7.92. The van der Waals surface area contributed by atoms with Gasteiger partial charge in [-0.3, -0.25) is 4.79 Å². The minimum Gasteiger partial charge on any atom is -0.325 e. The predicted octanol–water partition coefficient (Wildman–Crippen LogP) is 0.568. The second-order valence-corrected chi connectivity index (χ2v) is 7.05. The van der Waals surface area contributed by atoms with Gasteiger partial charge in [0.25, 0.3) is 0 Å². The van der Waals surface area contributed by atoms with E-state index in [0.717, 1.165) is 18.7 Å². The Labute approximate surface area is 113 Å². The molecule has 1 aliphatic rings. The fourth-order valence-electron chi connectivity index (χ4n) is 1.98. The SMILES string of the molecule is Cc1ccccc1NC(=O)CS(=O)(=O)CC1CNC1. The normalized spacial score (nSPS) is 15.8. The van der Waals surface area contributed by atoms with Crippen molar-refractivity contribution < 1.29 is 13.2 Å². The van der Waals surface area contributed by atoms with E-state index in [9.17, 15) is 13.2 Å². The van der Waals surface area contributed by atoms with Crippen molar-refractivity contribution in [1.29, 1.82) is 0 Å². The van der Waals surface area contributed by atoms with E-state index in [-0.39, 0.29) is 11.7 Å². The number of benzene rings is 1. The Morgan fingerprint density at radius 2 is 2.05 bits per heavy atom. The van der Waals surface area contributed by atoms with Crippen LogP contribution < -0.4 is 10.6 Å². The third-order valence-corrected chi connectivity index (χ3v) is 4.81. The molecule has 0 radical (unpaired) electrons. The van der Waals surface area contributed by atoms with Gasteiger partial charge in [-0.1, -0.05) is 18.2 Å². The number of aryl methyl sites for hydroxylation is 1. The van der Waals surface area contributed by atoms with Crippen LogP contribution in [0.4, 0.5) is 5.69 Å². The largest absolute Gasteiger partial charge is 0.325 e. The maximum absolute atomic E-state index is 11.8. The average molecular weight is 282 g/mol. The van der Waals surface area contributed by atoms with Crippen LogP contribution in [-0.4, -0.2) is 38.9 Å². The van der Waals surface area contributed by atoms with Crippen LogP contribution in [0.1, 0.15) is 5.56 Å². The number of rotatable bonds is 5. The Bertz CT molecular complexity index is 565. The molecule has 1 saturated heterocycles. The predicted molar refractivity (Wildman–Crippen MR) is 74.8 cm³/mol. The zero-order valence-corrected chi connectivity index (χ0v) is 11.7. The van der Waals surface area contributed by atoms with E-state index in [1.54, 1.807) is 12.1 Å². The lowest BCUT2D eigenvalue weighted by Gasteiger charge is -2.26. The van der Waals surface area contributed by atoms with Crippen molar-refractivity contribution in [3.05, 3.63) is 29.8 Å². The van der Waals surface area contributed by atoms with Gasteiger partial charge in [-0.2, -0.15) is 0 Å². The number of anilines is 1. The van der Waals surface area contributed by atoms with Gasteiger partial charge in [0.15, 0.2) is 9.84 Å². The first-order valence-corrected chi connectivity index (χ1v) is 8.05. The molecule has 1 heterocycles. The van der Waals surface area contributed by atoms with Crippen molar-refractivity contribution in [2.75, 3.05) is 29.9 Å². The number of para-hydroxylation sites is 1. The zero-order valence-electron chi connectivity index (χ0n) is 10.8. The summed E-state index contributed by atoms with van der Waals surface area (Å²) < 4.78 is 23.7. The van der Waals surface area contributed by atoms with Crippen molar-refractivity contribution in [2.24, 2.45) is 5.92 Å². The molecule has 0 aliphatic carbocycles. The monoisotopic (exact) mass is 282 g/mol. The van der Waals surface area contributed by atoms with Crippen LogP contribution in [-0.2, 0) is 14.6 Å². The lowest BCUT2D eigenvalue weighted by atomic mass is 10.1. The molecular formula is C13H18N2O3S. The Balaban J connectivity index is 1.92. The van der Waals surface area contributed by atoms with Gasteiger partial charge in [-0.05, 0) is 24.5 Å². The molecule has 0 bridgehead atoms. The Morgan fingerprint density at radius 1 is 1.37 bits per heavy atom. The minimum atomic E-state index is -3.33. The second-order valence-electron chi connectivity index (χ2n) is 4.94. The molecule has 1 aromatic rings. The van der Waals surface area contributed by atoms with Crippen molar-refractivity contribution in [3.8, 4) is 0 Å². The minimum absolute atomic E-state index is 0.0845. The van der Waals surface area contributed by atoms with E-state index in [0.29, 0.717) is 5.69 Å². The molecule has 0 saturated carbocycles. The summed E-state index contributed by atoms with van der Waals surface area (Å²) in [5.74, 6) is -0.684. The molecule has 0 aromatic heterocycles. The summed E-state index contributed by atoms with van der Waals surface area (Å²) in [6.07, 6.45) is 0. The molecule has 0 spiro atoms. The molecule has 0 atom stereocenters. The molecule has 19 heavy (non-hydrogen) atoms. The summed E-state index contributed by atoms with van der Waals surface area (Å²) in [6, 6.07) is 7.29. The van der Waals surface area contributed by atoms with E-state index in [2.05, 4.69) is 10.6 Å².